The number of carbonyl (C=O) groups excluding carboxylic acids is 1. The van der Waals surface area contributed by atoms with Gasteiger partial charge >= 0.3 is 0 Å². The van der Waals surface area contributed by atoms with Crippen molar-refractivity contribution in [3.8, 4) is 6.07 Å². The van der Waals surface area contributed by atoms with Crippen LogP contribution in [0.4, 0.5) is 4.39 Å². The zero-order chi connectivity index (χ0) is 14.4. The Kier molecular flexibility index (Phi) is 4.95. The molecule has 2 rings (SSSR count). The summed E-state index contributed by atoms with van der Waals surface area (Å²) >= 11 is 0. The monoisotopic (exact) mass is 259 g/mol. The maximum Gasteiger partial charge on any atom is 0.213 e. The van der Waals surface area contributed by atoms with E-state index in [0.29, 0.717) is 0 Å². The van der Waals surface area contributed by atoms with Gasteiger partial charge in [-0.1, -0.05) is 13.8 Å². The highest BCUT2D eigenvalue weighted by Crippen LogP contribution is 2.12. The molecule has 0 fully saturated rings. The molecule has 19 heavy (non-hydrogen) atoms. The predicted octanol–water partition coefficient (Wildman–Crippen LogP) is 2.69. The van der Waals surface area contributed by atoms with Crippen LogP contribution in [0.1, 0.15) is 35.5 Å². The summed E-state index contributed by atoms with van der Waals surface area (Å²) in [6.07, 6.45) is 3.05. The summed E-state index contributed by atoms with van der Waals surface area (Å²) in [5, 5.41) is 8.58. The van der Waals surface area contributed by atoms with Gasteiger partial charge in [0.25, 0.3) is 0 Å². The fraction of sp³-hybridized carbons (Fsp3) is 0.214. The third-order valence-electron chi connectivity index (χ3n) is 2.29. The van der Waals surface area contributed by atoms with Crippen LogP contribution >= 0.6 is 0 Å². The van der Waals surface area contributed by atoms with Gasteiger partial charge in [0.1, 0.15) is 17.6 Å². The minimum atomic E-state index is -0.700. The highest BCUT2D eigenvalue weighted by atomic mass is 19.1. The topological polar surface area (TPSA) is 58.7 Å². The Hall–Kier alpha value is -2.48. The lowest BCUT2D eigenvalue weighted by molar-refractivity contribution is 0.103. The lowest BCUT2D eigenvalue weighted by Crippen LogP contribution is -2.03. The van der Waals surface area contributed by atoms with Crippen molar-refractivity contribution in [3.63, 3.8) is 0 Å². The summed E-state index contributed by atoms with van der Waals surface area (Å²) in [7, 11) is 1.74. The van der Waals surface area contributed by atoms with E-state index in [1.54, 1.807) is 23.9 Å². The molecule has 0 saturated heterocycles. The van der Waals surface area contributed by atoms with Crippen LogP contribution in [0.15, 0.2) is 30.7 Å². The number of aromatic nitrogens is 2. The Bertz CT molecular complexity index is 626. The molecule has 0 saturated carbocycles. The molecule has 0 bridgehead atoms. The van der Waals surface area contributed by atoms with E-state index in [2.05, 4.69) is 4.98 Å². The van der Waals surface area contributed by atoms with Crippen molar-refractivity contribution in [1.29, 1.82) is 5.26 Å². The van der Waals surface area contributed by atoms with E-state index in [4.69, 9.17) is 5.26 Å². The van der Waals surface area contributed by atoms with Gasteiger partial charge in [0.2, 0.25) is 5.78 Å². The fourth-order valence-corrected chi connectivity index (χ4v) is 1.42. The maximum atomic E-state index is 13.3. The standard InChI is InChI=1S/C12H8FN3O.C2H6/c1-16-6-11(15-7-16)12(17)8-2-3-9(5-14)10(13)4-8;1-2/h2-4,6-7H,1H3;1-2H3. The van der Waals surface area contributed by atoms with E-state index < -0.39 is 5.82 Å². The molecule has 0 aliphatic rings. The zero-order valence-corrected chi connectivity index (χ0v) is 11.0. The molecule has 1 aromatic carbocycles. The number of aryl methyl sites for hydroxylation is 1. The molecule has 0 spiro atoms. The Morgan fingerprint density at radius 2 is 2.11 bits per heavy atom. The van der Waals surface area contributed by atoms with Crippen molar-refractivity contribution >= 4 is 5.78 Å². The number of hydrogen-bond acceptors (Lipinski definition) is 3. The molecular weight excluding hydrogens is 245 g/mol. The van der Waals surface area contributed by atoms with Crippen molar-refractivity contribution < 1.29 is 9.18 Å². The molecular formula is C14H14FN3O. The SMILES string of the molecule is CC.Cn1cnc(C(=O)c2ccc(C#N)c(F)c2)c1. The van der Waals surface area contributed by atoms with Gasteiger partial charge in [-0.2, -0.15) is 5.26 Å². The van der Waals surface area contributed by atoms with Gasteiger partial charge in [0, 0.05) is 18.8 Å². The third kappa shape index (κ3) is 3.26. The molecule has 5 heteroatoms. The predicted molar refractivity (Wildman–Crippen MR) is 69.1 cm³/mol. The number of carbonyl (C=O) groups is 1. The number of halogens is 1. The number of hydrogen-bond donors (Lipinski definition) is 0. The van der Waals surface area contributed by atoms with Crippen LogP contribution in [0.3, 0.4) is 0 Å². The van der Waals surface area contributed by atoms with Gasteiger partial charge in [-0.3, -0.25) is 4.79 Å². The van der Waals surface area contributed by atoms with Crippen LogP contribution in [0.5, 0.6) is 0 Å². The molecule has 0 aliphatic carbocycles. The Morgan fingerprint density at radius 1 is 1.42 bits per heavy atom. The summed E-state index contributed by atoms with van der Waals surface area (Å²) in [6, 6.07) is 5.45. The van der Waals surface area contributed by atoms with Crippen LogP contribution < -0.4 is 0 Å². The second-order valence-electron chi connectivity index (χ2n) is 3.56. The van der Waals surface area contributed by atoms with Crippen LogP contribution in [0.2, 0.25) is 0 Å². The first-order valence-electron chi connectivity index (χ1n) is 5.84. The number of ketones is 1. The molecule has 0 aliphatic heterocycles. The fourth-order valence-electron chi connectivity index (χ4n) is 1.42. The smallest absolute Gasteiger partial charge is 0.213 e. The molecule has 1 heterocycles. The molecule has 0 atom stereocenters. The minimum absolute atomic E-state index is 0.0810. The summed E-state index contributed by atoms with van der Waals surface area (Å²) in [6.45, 7) is 4.00. The number of benzene rings is 1. The first kappa shape index (κ1) is 14.6. The largest absolute Gasteiger partial charge is 0.340 e. The van der Waals surface area contributed by atoms with Crippen molar-refractivity contribution in [1.82, 2.24) is 9.55 Å². The summed E-state index contributed by atoms with van der Waals surface area (Å²) < 4.78 is 15.0. The quantitative estimate of drug-likeness (QED) is 0.779. The second kappa shape index (κ2) is 6.45. The van der Waals surface area contributed by atoms with E-state index >= 15 is 0 Å². The van der Waals surface area contributed by atoms with E-state index in [1.165, 1.54) is 18.5 Å². The van der Waals surface area contributed by atoms with E-state index in [0.717, 1.165) is 6.07 Å². The molecule has 0 unspecified atom stereocenters. The number of rotatable bonds is 2. The Morgan fingerprint density at radius 3 is 2.58 bits per heavy atom. The van der Waals surface area contributed by atoms with Crippen LogP contribution in [0, 0.1) is 17.1 Å². The molecule has 2 aromatic rings. The van der Waals surface area contributed by atoms with E-state index in [9.17, 15) is 9.18 Å². The van der Waals surface area contributed by atoms with Crippen molar-refractivity contribution in [2.45, 2.75) is 13.8 Å². The van der Waals surface area contributed by atoms with E-state index in [-0.39, 0.29) is 22.6 Å². The number of nitriles is 1. The van der Waals surface area contributed by atoms with Gasteiger partial charge in [-0.05, 0) is 18.2 Å². The molecule has 0 radical (unpaired) electrons. The first-order chi connectivity index (χ1) is 9.11. The van der Waals surface area contributed by atoms with Crippen molar-refractivity contribution in [2.24, 2.45) is 7.05 Å². The average molecular weight is 259 g/mol. The zero-order valence-electron chi connectivity index (χ0n) is 11.0. The van der Waals surface area contributed by atoms with Gasteiger partial charge < -0.3 is 4.57 Å². The molecule has 4 nitrogen and oxygen atoms in total. The number of imidazole rings is 1. The normalized spacial score (nSPS) is 9.21. The Balaban J connectivity index is 0.000000861. The highest BCUT2D eigenvalue weighted by molar-refractivity contribution is 6.07. The summed E-state index contributed by atoms with van der Waals surface area (Å²) in [5.41, 5.74) is 0.347. The maximum absolute atomic E-state index is 13.3. The van der Waals surface area contributed by atoms with Crippen molar-refractivity contribution in [3.05, 3.63) is 53.4 Å². The second-order valence-corrected chi connectivity index (χ2v) is 3.56. The lowest BCUT2D eigenvalue weighted by Gasteiger charge is -1.99. The summed E-state index contributed by atoms with van der Waals surface area (Å²) in [5.74, 6) is -1.07. The van der Waals surface area contributed by atoms with Crippen LogP contribution in [-0.2, 0) is 7.05 Å². The number of nitrogens with zero attached hydrogens (tertiary/aromatic N) is 3. The van der Waals surface area contributed by atoms with Crippen LogP contribution in [0.25, 0.3) is 0 Å². The minimum Gasteiger partial charge on any atom is -0.340 e. The van der Waals surface area contributed by atoms with Crippen LogP contribution in [-0.4, -0.2) is 15.3 Å². The van der Waals surface area contributed by atoms with Gasteiger partial charge in [-0.15, -0.1) is 0 Å². The average Bonchev–Trinajstić information content (AvgIpc) is 2.86. The first-order valence-corrected chi connectivity index (χ1v) is 5.84. The molecule has 0 N–H and O–H groups in total. The summed E-state index contributed by atoms with van der Waals surface area (Å²) in [4.78, 5) is 15.8. The Labute approximate surface area is 111 Å². The highest BCUT2D eigenvalue weighted by Gasteiger charge is 2.13. The van der Waals surface area contributed by atoms with Gasteiger partial charge in [0.15, 0.2) is 0 Å². The third-order valence-corrected chi connectivity index (χ3v) is 2.29. The van der Waals surface area contributed by atoms with Crippen molar-refractivity contribution in [2.75, 3.05) is 0 Å². The lowest BCUT2D eigenvalue weighted by atomic mass is 10.1. The van der Waals surface area contributed by atoms with E-state index in [1.807, 2.05) is 13.8 Å². The molecule has 98 valence electrons. The van der Waals surface area contributed by atoms with Gasteiger partial charge in [0.05, 0.1) is 11.9 Å². The van der Waals surface area contributed by atoms with Gasteiger partial charge in [-0.25, -0.2) is 9.37 Å². The molecule has 1 aromatic heterocycles. The molecule has 0 amide bonds.